The number of pyridine rings is 1. The average Bonchev–Trinajstić information content (AvgIpc) is 3.10. The van der Waals surface area contributed by atoms with E-state index in [-0.39, 0.29) is 17.9 Å². The molecular formula is C31H37N4O4+. The standard InChI is InChI=1S/C31H36N4O4/c1-19-12-29-30(39-11-10-38-29)16-26(19)31(36)34-21-13-22-4-5-23(14-21)35(22,2)9-8-25-20(17-32)18-33-28-7-6-24(37-3)15-27(25)28/h6-7,15-16,18-19,21-23H,4-5,8-14H2,1-3H3/p+1. The maximum atomic E-state index is 13.4. The van der Waals surface area contributed by atoms with Crippen LogP contribution in [0.15, 0.2) is 47.6 Å². The molecule has 8 nitrogen and oxygen atoms in total. The Kier molecular flexibility index (Phi) is 6.72. The lowest BCUT2D eigenvalue weighted by atomic mass is 9.89. The van der Waals surface area contributed by atoms with Gasteiger partial charge in [-0.15, -0.1) is 0 Å². The molecule has 0 spiro atoms. The van der Waals surface area contributed by atoms with Crippen LogP contribution in [0.5, 0.6) is 5.75 Å². The Morgan fingerprint density at radius 2 is 2.00 bits per heavy atom. The summed E-state index contributed by atoms with van der Waals surface area (Å²) in [5, 5.41) is 14.2. The minimum atomic E-state index is 0.0274. The predicted octanol–water partition coefficient (Wildman–Crippen LogP) is 4.14. The number of piperidine rings is 1. The Balaban J connectivity index is 1.16. The number of methoxy groups -OCH3 is 1. The number of likely N-dealkylation sites (N-methyl/N-ethyl adjacent to an activating group) is 1. The fourth-order valence-corrected chi connectivity index (χ4v) is 7.28. The van der Waals surface area contributed by atoms with Crippen LogP contribution in [-0.4, -0.2) is 67.4 Å². The number of quaternary nitrogens is 1. The van der Waals surface area contributed by atoms with Gasteiger partial charge in [0.15, 0.2) is 5.76 Å². The number of fused-ring (bicyclic) bond motifs is 3. The van der Waals surface area contributed by atoms with E-state index in [1.807, 2.05) is 24.3 Å². The van der Waals surface area contributed by atoms with Gasteiger partial charge in [0.1, 0.15) is 30.8 Å². The zero-order chi connectivity index (χ0) is 27.1. The van der Waals surface area contributed by atoms with Crippen LogP contribution >= 0.6 is 0 Å². The van der Waals surface area contributed by atoms with Crippen LogP contribution in [0.25, 0.3) is 10.9 Å². The Hall–Kier alpha value is -3.57. The highest BCUT2D eigenvalue weighted by Crippen LogP contribution is 2.42. The van der Waals surface area contributed by atoms with Gasteiger partial charge < -0.3 is 24.0 Å². The van der Waals surface area contributed by atoms with E-state index in [4.69, 9.17) is 14.2 Å². The number of nitriles is 1. The van der Waals surface area contributed by atoms with Crippen molar-refractivity contribution in [3.63, 3.8) is 0 Å². The molecule has 8 heteroatoms. The van der Waals surface area contributed by atoms with Crippen molar-refractivity contribution in [2.75, 3.05) is 33.9 Å². The third-order valence-corrected chi connectivity index (χ3v) is 9.56. The second-order valence-electron chi connectivity index (χ2n) is 11.7. The zero-order valence-electron chi connectivity index (χ0n) is 23.0. The molecule has 3 unspecified atom stereocenters. The van der Waals surface area contributed by atoms with E-state index >= 15 is 0 Å². The molecule has 4 heterocycles. The van der Waals surface area contributed by atoms with Crippen molar-refractivity contribution in [2.24, 2.45) is 5.92 Å². The first-order chi connectivity index (χ1) is 18.9. The smallest absolute Gasteiger partial charge is 0.247 e. The van der Waals surface area contributed by atoms with E-state index in [1.54, 1.807) is 13.3 Å². The maximum absolute atomic E-state index is 13.4. The number of amides is 1. The summed E-state index contributed by atoms with van der Waals surface area (Å²) in [5.41, 5.74) is 3.36. The average molecular weight is 530 g/mol. The van der Waals surface area contributed by atoms with Crippen molar-refractivity contribution < 1.29 is 23.5 Å². The van der Waals surface area contributed by atoms with Gasteiger partial charge in [-0.2, -0.15) is 5.26 Å². The SMILES string of the molecule is COc1ccc2ncc(C#N)c(CC[N+]3(C)C4CCC3CC(NC(=O)C3=CC5=C(CC3C)OCCO5)C4)c2c1. The number of hydrogen-bond acceptors (Lipinski definition) is 6. The number of ether oxygens (including phenoxy) is 3. The Morgan fingerprint density at radius 1 is 1.23 bits per heavy atom. The second-order valence-corrected chi connectivity index (χ2v) is 11.7. The van der Waals surface area contributed by atoms with Gasteiger partial charge in [0.05, 0.1) is 43.9 Å². The number of benzene rings is 1. The van der Waals surface area contributed by atoms with Gasteiger partial charge in [0.2, 0.25) is 5.91 Å². The van der Waals surface area contributed by atoms with E-state index in [0.29, 0.717) is 37.3 Å². The maximum Gasteiger partial charge on any atom is 0.247 e. The van der Waals surface area contributed by atoms with Gasteiger partial charge in [-0.25, -0.2) is 0 Å². The van der Waals surface area contributed by atoms with E-state index in [0.717, 1.165) is 69.6 Å². The third kappa shape index (κ3) is 4.63. The third-order valence-electron chi connectivity index (χ3n) is 9.56. The lowest BCUT2D eigenvalue weighted by Gasteiger charge is -2.47. The van der Waals surface area contributed by atoms with Crippen molar-refractivity contribution in [1.29, 1.82) is 5.26 Å². The molecule has 1 aromatic carbocycles. The first-order valence-electron chi connectivity index (χ1n) is 14.1. The second kappa shape index (κ2) is 10.2. The van der Waals surface area contributed by atoms with Crippen LogP contribution in [0, 0.1) is 17.2 Å². The predicted molar refractivity (Wildman–Crippen MR) is 147 cm³/mol. The van der Waals surface area contributed by atoms with E-state index < -0.39 is 0 Å². The van der Waals surface area contributed by atoms with Crippen LogP contribution < -0.4 is 10.1 Å². The van der Waals surface area contributed by atoms with Crippen molar-refractivity contribution in [1.82, 2.24) is 10.3 Å². The molecular weight excluding hydrogens is 492 g/mol. The summed E-state index contributed by atoms with van der Waals surface area (Å²) in [7, 11) is 4.03. The van der Waals surface area contributed by atoms with Gasteiger partial charge in [0, 0.05) is 61.7 Å². The number of nitrogens with zero attached hydrogens (tertiary/aromatic N) is 3. The van der Waals surface area contributed by atoms with Crippen LogP contribution in [0.4, 0.5) is 0 Å². The number of hydrogen-bond donors (Lipinski definition) is 1. The molecule has 2 saturated heterocycles. The summed E-state index contributed by atoms with van der Waals surface area (Å²) in [6, 6.07) is 9.39. The first kappa shape index (κ1) is 25.7. The molecule has 1 amide bonds. The number of aromatic nitrogens is 1. The van der Waals surface area contributed by atoms with Crippen LogP contribution in [-0.2, 0) is 20.7 Å². The molecule has 2 aromatic rings. The fraction of sp³-hybridized carbons (Fsp3) is 0.516. The number of allylic oxidation sites excluding steroid dienone is 2. The summed E-state index contributed by atoms with van der Waals surface area (Å²) in [6.45, 7) is 4.14. The number of carbonyl (C=O) groups excluding carboxylic acids is 1. The van der Waals surface area contributed by atoms with Crippen molar-refractivity contribution in [3.05, 3.63) is 58.7 Å². The van der Waals surface area contributed by atoms with E-state index in [9.17, 15) is 10.1 Å². The normalized spacial score (nSPS) is 29.5. The minimum absolute atomic E-state index is 0.0274. The molecule has 204 valence electrons. The van der Waals surface area contributed by atoms with Crippen LogP contribution in [0.1, 0.15) is 50.2 Å². The number of carbonyl (C=O) groups is 1. The monoisotopic (exact) mass is 529 g/mol. The van der Waals surface area contributed by atoms with Gasteiger partial charge in [-0.3, -0.25) is 9.78 Å². The highest BCUT2D eigenvalue weighted by molar-refractivity contribution is 5.95. The van der Waals surface area contributed by atoms with Crippen LogP contribution in [0.2, 0.25) is 0 Å². The first-order valence-corrected chi connectivity index (χ1v) is 14.1. The Morgan fingerprint density at radius 3 is 2.74 bits per heavy atom. The molecule has 1 aromatic heterocycles. The summed E-state index contributed by atoms with van der Waals surface area (Å²) < 4.78 is 18.0. The fourth-order valence-electron chi connectivity index (χ4n) is 7.28. The zero-order valence-corrected chi connectivity index (χ0v) is 23.0. The largest absolute Gasteiger partial charge is 0.497 e. The molecule has 2 bridgehead atoms. The van der Waals surface area contributed by atoms with Gasteiger partial charge >= 0.3 is 0 Å². The topological polar surface area (TPSA) is 93.5 Å². The number of rotatable bonds is 6. The Bertz CT molecular complexity index is 1390. The van der Waals surface area contributed by atoms with E-state index in [2.05, 4.69) is 30.3 Å². The van der Waals surface area contributed by atoms with Gasteiger partial charge in [0.25, 0.3) is 0 Å². The lowest BCUT2D eigenvalue weighted by Crippen LogP contribution is -2.61. The molecule has 4 aliphatic rings. The van der Waals surface area contributed by atoms with Gasteiger partial charge in [-0.05, 0) is 35.8 Å². The molecule has 3 aliphatic heterocycles. The van der Waals surface area contributed by atoms with Crippen molar-refractivity contribution >= 4 is 16.8 Å². The highest BCUT2D eigenvalue weighted by atomic mass is 16.6. The molecule has 6 rings (SSSR count). The molecule has 0 radical (unpaired) electrons. The molecule has 1 N–H and O–H groups in total. The molecule has 2 fully saturated rings. The molecule has 0 saturated carbocycles. The van der Waals surface area contributed by atoms with Crippen LogP contribution in [0.3, 0.4) is 0 Å². The minimum Gasteiger partial charge on any atom is -0.497 e. The van der Waals surface area contributed by atoms with Crippen molar-refractivity contribution in [3.8, 4) is 11.8 Å². The highest BCUT2D eigenvalue weighted by Gasteiger charge is 2.51. The summed E-state index contributed by atoms with van der Waals surface area (Å²) in [5.74, 6) is 2.49. The number of nitrogens with one attached hydrogen (secondary N) is 1. The van der Waals surface area contributed by atoms with Crippen molar-refractivity contribution in [2.45, 2.75) is 63.6 Å². The molecule has 1 aliphatic carbocycles. The summed E-state index contributed by atoms with van der Waals surface area (Å²) in [4.78, 5) is 17.9. The summed E-state index contributed by atoms with van der Waals surface area (Å²) >= 11 is 0. The quantitative estimate of drug-likeness (QED) is 0.566. The molecule has 39 heavy (non-hydrogen) atoms. The Labute approximate surface area is 229 Å². The lowest BCUT2D eigenvalue weighted by molar-refractivity contribution is -0.948. The summed E-state index contributed by atoms with van der Waals surface area (Å²) in [6.07, 6.45) is 9.39. The van der Waals surface area contributed by atoms with E-state index in [1.165, 1.54) is 12.8 Å². The van der Waals surface area contributed by atoms with Gasteiger partial charge in [-0.1, -0.05) is 6.92 Å². The molecule has 3 atom stereocenters.